The van der Waals surface area contributed by atoms with Gasteiger partial charge in [-0.2, -0.15) is 0 Å². The Morgan fingerprint density at radius 3 is 2.22 bits per heavy atom. The van der Waals surface area contributed by atoms with Crippen LogP contribution in [0.2, 0.25) is 0 Å². The van der Waals surface area contributed by atoms with Gasteiger partial charge in [0.25, 0.3) is 11.8 Å². The van der Waals surface area contributed by atoms with Crippen molar-refractivity contribution in [1.82, 2.24) is 5.32 Å². The van der Waals surface area contributed by atoms with Gasteiger partial charge in [0.2, 0.25) is 0 Å². The van der Waals surface area contributed by atoms with E-state index in [-0.39, 0.29) is 11.8 Å². The normalized spacial score (nSPS) is 11.6. The molecule has 0 radical (unpaired) electrons. The topological polar surface area (TPSA) is 84.5 Å². The lowest BCUT2D eigenvalue weighted by Gasteiger charge is -2.20. The largest absolute Gasteiger partial charge is 0.454 e. The average molecular weight is 368 g/mol. The Balaban J connectivity index is 1.92. The molecule has 142 valence electrons. The van der Waals surface area contributed by atoms with Crippen LogP contribution in [0.5, 0.6) is 0 Å². The van der Waals surface area contributed by atoms with Crippen LogP contribution in [0.15, 0.2) is 54.6 Å². The number of anilines is 1. The highest BCUT2D eigenvalue weighted by molar-refractivity contribution is 5.97. The van der Waals surface area contributed by atoms with Gasteiger partial charge in [-0.3, -0.25) is 9.59 Å². The lowest BCUT2D eigenvalue weighted by molar-refractivity contribution is -0.150. The third-order valence-corrected chi connectivity index (χ3v) is 4.01. The third-order valence-electron chi connectivity index (χ3n) is 4.01. The van der Waals surface area contributed by atoms with Gasteiger partial charge in [0.05, 0.1) is 0 Å². The number of ether oxygens (including phenoxy) is 1. The maximum Gasteiger partial charge on any atom is 0.329 e. The van der Waals surface area contributed by atoms with Crippen LogP contribution < -0.4 is 10.6 Å². The first-order valence-corrected chi connectivity index (χ1v) is 8.76. The lowest BCUT2D eigenvalue weighted by Crippen LogP contribution is -2.45. The molecule has 2 N–H and O–H groups in total. The number of nitrogens with one attached hydrogen (secondary N) is 2. The number of hydrogen-bond donors (Lipinski definition) is 2. The molecule has 0 saturated carbocycles. The van der Waals surface area contributed by atoms with Crippen LogP contribution in [0.3, 0.4) is 0 Å². The molecule has 0 bridgehead atoms. The van der Waals surface area contributed by atoms with E-state index in [9.17, 15) is 14.4 Å². The molecule has 0 fully saturated rings. The van der Waals surface area contributed by atoms with E-state index in [2.05, 4.69) is 10.6 Å². The quantitative estimate of drug-likeness (QED) is 0.736. The molecule has 2 rings (SSSR count). The van der Waals surface area contributed by atoms with Crippen LogP contribution >= 0.6 is 0 Å². The number of amides is 2. The van der Waals surface area contributed by atoms with Crippen molar-refractivity contribution in [2.45, 2.75) is 26.8 Å². The number of hydrogen-bond acceptors (Lipinski definition) is 4. The maximum atomic E-state index is 12.4. The van der Waals surface area contributed by atoms with Crippen LogP contribution in [0.25, 0.3) is 0 Å². The smallest absolute Gasteiger partial charge is 0.329 e. The molecular weight excluding hydrogens is 344 g/mol. The molecule has 0 aliphatic carbocycles. The van der Waals surface area contributed by atoms with Gasteiger partial charge in [-0.05, 0) is 36.6 Å². The second-order valence-corrected chi connectivity index (χ2v) is 6.53. The van der Waals surface area contributed by atoms with Crippen LogP contribution in [0.1, 0.15) is 29.8 Å². The van der Waals surface area contributed by atoms with E-state index in [0.717, 1.165) is 5.56 Å². The molecule has 1 atom stereocenters. The molecule has 0 spiro atoms. The predicted octanol–water partition coefficient (Wildman–Crippen LogP) is 2.93. The Hall–Kier alpha value is -3.15. The SMILES string of the molecule is Cc1ccccc1NC(=O)COC(=O)[C@H](NC(=O)c1ccccc1)C(C)C. The van der Waals surface area contributed by atoms with Gasteiger partial charge in [0.1, 0.15) is 6.04 Å². The summed E-state index contributed by atoms with van der Waals surface area (Å²) in [5.74, 6) is -1.64. The van der Waals surface area contributed by atoms with Crippen molar-refractivity contribution in [3.63, 3.8) is 0 Å². The molecule has 0 heterocycles. The first kappa shape index (κ1) is 20.2. The van der Waals surface area contributed by atoms with E-state index in [1.54, 1.807) is 50.2 Å². The third kappa shape index (κ3) is 5.95. The Bertz CT molecular complexity index is 803. The van der Waals surface area contributed by atoms with E-state index in [1.165, 1.54) is 0 Å². The van der Waals surface area contributed by atoms with Crippen molar-refractivity contribution in [3.05, 3.63) is 65.7 Å². The Morgan fingerprint density at radius 1 is 0.963 bits per heavy atom. The zero-order valence-corrected chi connectivity index (χ0v) is 15.7. The number of carbonyl (C=O) groups excluding carboxylic acids is 3. The standard InChI is InChI=1S/C21H24N2O4/c1-14(2)19(23-20(25)16-10-5-4-6-11-16)21(26)27-13-18(24)22-17-12-8-7-9-15(17)3/h4-12,14,19H,13H2,1-3H3,(H,22,24)(H,23,25)/t19-/m1/s1. The molecule has 2 aromatic rings. The van der Waals surface area contributed by atoms with Crippen molar-refractivity contribution in [2.75, 3.05) is 11.9 Å². The summed E-state index contributed by atoms with van der Waals surface area (Å²) in [6, 6.07) is 15.1. The fourth-order valence-electron chi connectivity index (χ4n) is 2.44. The number of benzene rings is 2. The minimum atomic E-state index is -0.844. The van der Waals surface area contributed by atoms with Gasteiger partial charge >= 0.3 is 5.97 Å². The van der Waals surface area contributed by atoms with Gasteiger partial charge in [-0.15, -0.1) is 0 Å². The first-order chi connectivity index (χ1) is 12.9. The van der Waals surface area contributed by atoms with Crippen LogP contribution in [-0.2, 0) is 14.3 Å². The van der Waals surface area contributed by atoms with Crippen molar-refractivity contribution >= 4 is 23.5 Å². The van der Waals surface area contributed by atoms with Crippen molar-refractivity contribution in [3.8, 4) is 0 Å². The first-order valence-electron chi connectivity index (χ1n) is 8.76. The second-order valence-electron chi connectivity index (χ2n) is 6.53. The summed E-state index contributed by atoms with van der Waals surface area (Å²) in [5.41, 5.74) is 2.02. The van der Waals surface area contributed by atoms with Gasteiger partial charge < -0.3 is 15.4 Å². The molecule has 2 amide bonds. The molecular formula is C21H24N2O4. The second kappa shape index (κ2) is 9.52. The van der Waals surface area contributed by atoms with E-state index in [0.29, 0.717) is 11.3 Å². The van der Waals surface area contributed by atoms with Gasteiger partial charge in [-0.25, -0.2) is 4.79 Å². The Morgan fingerprint density at radius 2 is 1.59 bits per heavy atom. The molecule has 2 aromatic carbocycles. The fraction of sp³-hybridized carbons (Fsp3) is 0.286. The van der Waals surface area contributed by atoms with E-state index >= 15 is 0 Å². The molecule has 0 aliphatic rings. The number of carbonyl (C=O) groups is 3. The molecule has 0 saturated heterocycles. The van der Waals surface area contributed by atoms with Gasteiger partial charge in [0, 0.05) is 11.3 Å². The van der Waals surface area contributed by atoms with Crippen LogP contribution in [0.4, 0.5) is 5.69 Å². The summed E-state index contributed by atoms with van der Waals surface area (Å²) in [5, 5.41) is 5.37. The Labute approximate surface area is 158 Å². The zero-order chi connectivity index (χ0) is 19.8. The van der Waals surface area contributed by atoms with E-state index < -0.39 is 24.5 Å². The number of aryl methyl sites for hydroxylation is 1. The number of para-hydroxylation sites is 1. The number of esters is 1. The van der Waals surface area contributed by atoms with Gasteiger partial charge in [0.15, 0.2) is 6.61 Å². The van der Waals surface area contributed by atoms with Crippen LogP contribution in [0, 0.1) is 12.8 Å². The molecule has 0 aromatic heterocycles. The highest BCUT2D eigenvalue weighted by Gasteiger charge is 2.26. The molecule has 0 aliphatic heterocycles. The fourth-order valence-corrected chi connectivity index (χ4v) is 2.44. The zero-order valence-electron chi connectivity index (χ0n) is 15.7. The summed E-state index contributed by atoms with van der Waals surface area (Å²) >= 11 is 0. The van der Waals surface area contributed by atoms with E-state index in [4.69, 9.17) is 4.74 Å². The molecule has 27 heavy (non-hydrogen) atoms. The Kier molecular flexibility index (Phi) is 7.11. The summed E-state index contributed by atoms with van der Waals surface area (Å²) in [6.45, 7) is 5.04. The van der Waals surface area contributed by atoms with Gasteiger partial charge in [-0.1, -0.05) is 50.2 Å². The minimum Gasteiger partial charge on any atom is -0.454 e. The lowest BCUT2D eigenvalue weighted by atomic mass is 10.0. The summed E-state index contributed by atoms with van der Waals surface area (Å²) in [6.07, 6.45) is 0. The minimum absolute atomic E-state index is 0.190. The average Bonchev–Trinajstić information content (AvgIpc) is 2.66. The van der Waals surface area contributed by atoms with E-state index in [1.807, 2.05) is 25.1 Å². The summed E-state index contributed by atoms with van der Waals surface area (Å²) in [4.78, 5) is 36.7. The van der Waals surface area contributed by atoms with Crippen molar-refractivity contribution < 1.29 is 19.1 Å². The number of rotatable bonds is 7. The van der Waals surface area contributed by atoms with Crippen LogP contribution in [-0.4, -0.2) is 30.4 Å². The van der Waals surface area contributed by atoms with Crippen molar-refractivity contribution in [1.29, 1.82) is 0 Å². The predicted molar refractivity (Wildman–Crippen MR) is 103 cm³/mol. The maximum absolute atomic E-state index is 12.4. The van der Waals surface area contributed by atoms with Crippen molar-refractivity contribution in [2.24, 2.45) is 5.92 Å². The highest BCUT2D eigenvalue weighted by Crippen LogP contribution is 2.13. The summed E-state index contributed by atoms with van der Waals surface area (Å²) in [7, 11) is 0. The highest BCUT2D eigenvalue weighted by atomic mass is 16.5. The molecule has 6 nitrogen and oxygen atoms in total. The monoisotopic (exact) mass is 368 g/mol. The molecule has 6 heteroatoms. The molecule has 0 unspecified atom stereocenters. The summed E-state index contributed by atoms with van der Waals surface area (Å²) < 4.78 is 5.11.